The van der Waals surface area contributed by atoms with Crippen LogP contribution in [0.1, 0.15) is 91.9 Å². The fourth-order valence-corrected chi connectivity index (χ4v) is 3.87. The second-order valence-electron chi connectivity index (χ2n) is 8.61. The lowest BCUT2D eigenvalue weighted by Crippen LogP contribution is -2.27. The van der Waals surface area contributed by atoms with Crippen molar-refractivity contribution in [3.8, 4) is 5.75 Å². The largest absolute Gasteiger partial charge is 0.488 e. The number of anilines is 1. The first-order valence-electron chi connectivity index (χ1n) is 13.3. The highest BCUT2D eigenvalue weighted by Gasteiger charge is 2.17. The molecule has 0 saturated heterocycles. The number of carbonyl (C=O) groups is 2. The van der Waals surface area contributed by atoms with Crippen LogP contribution in [0.15, 0.2) is 23.3 Å². The van der Waals surface area contributed by atoms with Gasteiger partial charge in [0.1, 0.15) is 0 Å². The predicted molar refractivity (Wildman–Crippen MR) is 138 cm³/mol. The Bertz CT molecular complexity index is 724. The Morgan fingerprint density at radius 2 is 1.43 bits per heavy atom. The van der Waals surface area contributed by atoms with Crippen LogP contribution in [0.25, 0.3) is 0 Å². The molecule has 8 heteroatoms. The fraction of sp³-hybridized carbons (Fsp3) is 0.704. The standard InChI is InChI=1S/C27H45N3O5/c1-5-9-13-23(14-10-6-2)35-25-21-22(17-18-24(25)29-28)30(19-11-15-26(31)33-7-3)20-12-16-27(32)34-8-4/h17-18,21,23,28H,5-16,19-20H2,1-4H3/p+1. The number of unbranched alkanes of at least 4 members (excludes halogenated alkanes) is 2. The topological polar surface area (TPSA) is 103 Å². The van der Waals surface area contributed by atoms with Crippen LogP contribution in [0.5, 0.6) is 5.75 Å². The molecule has 0 atom stereocenters. The molecule has 0 spiro atoms. The lowest BCUT2D eigenvalue weighted by molar-refractivity contribution is -0.210. The third-order valence-corrected chi connectivity index (χ3v) is 5.73. The third kappa shape index (κ3) is 12.6. The summed E-state index contributed by atoms with van der Waals surface area (Å²) in [6.45, 7) is 10.0. The molecule has 0 heterocycles. The molecular formula is C27H46N3O5+. The summed E-state index contributed by atoms with van der Waals surface area (Å²) in [7, 11) is 0. The van der Waals surface area contributed by atoms with Gasteiger partial charge in [-0.25, -0.2) is 0 Å². The van der Waals surface area contributed by atoms with Crippen LogP contribution >= 0.6 is 0 Å². The van der Waals surface area contributed by atoms with Gasteiger partial charge in [0, 0.05) is 37.7 Å². The van der Waals surface area contributed by atoms with Crippen LogP contribution in [-0.4, -0.2) is 44.3 Å². The van der Waals surface area contributed by atoms with E-state index in [1.807, 2.05) is 18.2 Å². The first kappa shape index (κ1) is 30.4. The van der Waals surface area contributed by atoms with E-state index in [4.69, 9.17) is 19.7 Å². The number of esters is 2. The number of hydrogen-bond donors (Lipinski definition) is 1. The second-order valence-corrected chi connectivity index (χ2v) is 8.61. The highest BCUT2D eigenvalue weighted by atomic mass is 16.5. The summed E-state index contributed by atoms with van der Waals surface area (Å²) < 4.78 is 16.6. The summed E-state index contributed by atoms with van der Waals surface area (Å²) in [6.07, 6.45) is 8.54. The van der Waals surface area contributed by atoms with Gasteiger partial charge in [0.25, 0.3) is 0 Å². The van der Waals surface area contributed by atoms with E-state index in [9.17, 15) is 9.59 Å². The molecule has 0 aliphatic rings. The van der Waals surface area contributed by atoms with E-state index < -0.39 is 0 Å². The van der Waals surface area contributed by atoms with E-state index in [-0.39, 0.29) is 18.0 Å². The van der Waals surface area contributed by atoms with Gasteiger partial charge in [0.2, 0.25) is 0 Å². The van der Waals surface area contributed by atoms with Gasteiger partial charge >= 0.3 is 11.9 Å². The molecule has 35 heavy (non-hydrogen) atoms. The normalized spacial score (nSPS) is 10.8. The number of hydrogen-bond acceptors (Lipinski definition) is 7. The molecule has 0 radical (unpaired) electrons. The van der Waals surface area contributed by atoms with Gasteiger partial charge in [-0.15, -0.1) is 0 Å². The molecule has 1 aromatic rings. The minimum absolute atomic E-state index is 0.117. The maximum atomic E-state index is 11.8. The zero-order chi connectivity index (χ0) is 25.9. The molecule has 0 amide bonds. The Kier molecular flexibility index (Phi) is 16.2. The van der Waals surface area contributed by atoms with E-state index in [0.717, 1.165) is 44.2 Å². The molecular weight excluding hydrogens is 446 g/mol. The predicted octanol–water partition coefficient (Wildman–Crippen LogP) is 5.15. The Morgan fingerprint density at radius 1 is 0.886 bits per heavy atom. The second kappa shape index (κ2) is 18.7. The van der Waals surface area contributed by atoms with E-state index in [1.54, 1.807) is 13.8 Å². The minimum atomic E-state index is -0.199. The molecule has 8 nitrogen and oxygen atoms in total. The van der Waals surface area contributed by atoms with Crippen molar-refractivity contribution in [3.63, 3.8) is 0 Å². The maximum Gasteiger partial charge on any atom is 0.305 e. The Hall–Kier alpha value is -2.64. The minimum Gasteiger partial charge on any atom is -0.488 e. The van der Waals surface area contributed by atoms with Crippen molar-refractivity contribution in [2.45, 2.75) is 98.0 Å². The maximum absolute atomic E-state index is 11.8. The molecule has 198 valence electrons. The average Bonchev–Trinajstić information content (AvgIpc) is 2.85. The molecule has 1 rings (SSSR count). The summed E-state index contributed by atoms with van der Waals surface area (Å²) in [5.41, 5.74) is 7.23. The monoisotopic (exact) mass is 492 g/mol. The van der Waals surface area contributed by atoms with Gasteiger partial charge in [-0.3, -0.25) is 9.59 Å². The summed E-state index contributed by atoms with van der Waals surface area (Å²) in [4.78, 5) is 25.8. The van der Waals surface area contributed by atoms with Crippen LogP contribution in [0.3, 0.4) is 0 Å². The van der Waals surface area contributed by atoms with Crippen molar-refractivity contribution in [2.24, 2.45) is 5.11 Å². The quantitative estimate of drug-likeness (QED) is 0.199. The third-order valence-electron chi connectivity index (χ3n) is 5.73. The van der Waals surface area contributed by atoms with Gasteiger partial charge in [-0.1, -0.05) is 39.5 Å². The zero-order valence-corrected chi connectivity index (χ0v) is 22.2. The summed E-state index contributed by atoms with van der Waals surface area (Å²) in [5.74, 6) is 0.271. The highest BCUT2D eigenvalue weighted by Crippen LogP contribution is 2.34. The van der Waals surface area contributed by atoms with Crippen LogP contribution in [0.2, 0.25) is 0 Å². The Labute approximate surface area is 211 Å². The van der Waals surface area contributed by atoms with Gasteiger partial charge in [-0.05, 0) is 56.8 Å². The van der Waals surface area contributed by atoms with Crippen LogP contribution in [-0.2, 0) is 19.1 Å². The fourth-order valence-electron chi connectivity index (χ4n) is 3.87. The smallest absolute Gasteiger partial charge is 0.305 e. The van der Waals surface area contributed by atoms with Crippen LogP contribution < -0.4 is 15.2 Å². The average molecular weight is 493 g/mol. The molecule has 0 saturated carbocycles. The SMILES string of the molecule is CCCCC(CCCC)Oc1cc(N(CCCC(=O)OCC)CCCC(=O)OCC)ccc1N=[NH2+]. The number of benzene rings is 1. The summed E-state index contributed by atoms with van der Waals surface area (Å²) in [6, 6.07) is 5.80. The van der Waals surface area contributed by atoms with E-state index >= 15 is 0 Å². The van der Waals surface area contributed by atoms with Gasteiger partial charge < -0.3 is 19.1 Å². The molecule has 0 bridgehead atoms. The van der Waals surface area contributed by atoms with Crippen molar-refractivity contribution in [3.05, 3.63) is 18.2 Å². The van der Waals surface area contributed by atoms with Crippen LogP contribution in [0.4, 0.5) is 11.4 Å². The molecule has 0 aliphatic heterocycles. The number of nitrogens with zero attached hydrogens (tertiary/aromatic N) is 2. The molecule has 0 fully saturated rings. The van der Waals surface area contributed by atoms with E-state index in [2.05, 4.69) is 23.9 Å². The molecule has 0 aliphatic carbocycles. The van der Waals surface area contributed by atoms with Crippen molar-refractivity contribution in [1.82, 2.24) is 0 Å². The van der Waals surface area contributed by atoms with Crippen molar-refractivity contribution in [2.75, 3.05) is 31.2 Å². The summed E-state index contributed by atoms with van der Waals surface area (Å²) >= 11 is 0. The summed E-state index contributed by atoms with van der Waals surface area (Å²) in [5, 5.41) is 3.93. The van der Waals surface area contributed by atoms with Crippen molar-refractivity contribution < 1.29 is 29.3 Å². The van der Waals surface area contributed by atoms with E-state index in [0.29, 0.717) is 63.4 Å². The number of rotatable bonds is 20. The van der Waals surface area contributed by atoms with Gasteiger partial charge in [0.05, 0.1) is 19.3 Å². The molecule has 0 unspecified atom stereocenters. The first-order chi connectivity index (χ1) is 17.0. The first-order valence-corrected chi connectivity index (χ1v) is 13.3. The van der Waals surface area contributed by atoms with Crippen molar-refractivity contribution >= 4 is 23.3 Å². The van der Waals surface area contributed by atoms with Gasteiger partial charge in [-0.2, -0.15) is 5.53 Å². The Balaban J connectivity index is 3.03. The molecule has 1 aromatic carbocycles. The van der Waals surface area contributed by atoms with Gasteiger partial charge in [0.15, 0.2) is 11.4 Å². The number of ether oxygens (including phenoxy) is 3. The number of carbonyl (C=O) groups excluding carboxylic acids is 2. The number of nitrogens with two attached hydrogens (primary N) is 1. The molecule has 2 N–H and O–H groups in total. The zero-order valence-electron chi connectivity index (χ0n) is 22.2. The molecule has 0 aromatic heterocycles. The lowest BCUT2D eigenvalue weighted by Gasteiger charge is -2.26. The lowest BCUT2D eigenvalue weighted by atomic mass is 10.1. The van der Waals surface area contributed by atoms with E-state index in [1.165, 1.54) is 0 Å². The van der Waals surface area contributed by atoms with Crippen molar-refractivity contribution in [1.29, 1.82) is 0 Å². The highest BCUT2D eigenvalue weighted by molar-refractivity contribution is 5.70. The van der Waals surface area contributed by atoms with Crippen LogP contribution in [0, 0.1) is 0 Å². The Morgan fingerprint density at radius 3 is 1.89 bits per heavy atom.